The number of fused-ring (bicyclic) bond motifs is 3. The van der Waals surface area contributed by atoms with Crippen molar-refractivity contribution >= 4 is 17.4 Å². The molecular formula is C14H16N4O5. The van der Waals surface area contributed by atoms with Crippen molar-refractivity contribution in [3.05, 3.63) is 27.2 Å². The monoisotopic (exact) mass is 320 g/mol. The van der Waals surface area contributed by atoms with Gasteiger partial charge in [0.1, 0.15) is 12.1 Å². The number of hydrogen-bond donors (Lipinski definition) is 3. The van der Waals surface area contributed by atoms with Crippen LogP contribution in [0.25, 0.3) is 5.52 Å². The van der Waals surface area contributed by atoms with Crippen LogP contribution >= 0.6 is 0 Å². The van der Waals surface area contributed by atoms with E-state index in [0.717, 1.165) is 35.2 Å². The Hall–Kier alpha value is -2.84. The topological polar surface area (TPSA) is 126 Å². The lowest BCUT2D eigenvalue weighted by Gasteiger charge is -2.11. The Morgan fingerprint density at radius 1 is 1.30 bits per heavy atom. The Balaban J connectivity index is 2.21. The van der Waals surface area contributed by atoms with E-state index in [1.54, 1.807) is 0 Å². The second kappa shape index (κ2) is 5.41. The fraction of sp³-hybridized carbons (Fsp3) is 0.429. The van der Waals surface area contributed by atoms with Gasteiger partial charge in [-0.05, 0) is 25.7 Å². The van der Waals surface area contributed by atoms with Crippen molar-refractivity contribution in [2.75, 3.05) is 6.54 Å². The van der Waals surface area contributed by atoms with E-state index in [2.05, 4.69) is 10.4 Å². The molecule has 1 aliphatic rings. The summed E-state index contributed by atoms with van der Waals surface area (Å²) >= 11 is 0. The van der Waals surface area contributed by atoms with Gasteiger partial charge in [-0.25, -0.2) is 4.68 Å². The third kappa shape index (κ3) is 2.33. The summed E-state index contributed by atoms with van der Waals surface area (Å²) in [6.07, 6.45) is 3.39. The zero-order chi connectivity index (χ0) is 16.7. The van der Waals surface area contributed by atoms with Crippen LogP contribution in [-0.2, 0) is 24.7 Å². The molecule has 0 saturated carbocycles. The number of rotatable bonds is 3. The van der Waals surface area contributed by atoms with Gasteiger partial charge in [-0.2, -0.15) is 9.73 Å². The number of aliphatic carboxylic acids is 1. The fourth-order valence-electron chi connectivity index (χ4n) is 2.91. The van der Waals surface area contributed by atoms with Crippen LogP contribution in [-0.4, -0.2) is 43.0 Å². The maximum atomic E-state index is 12.3. The summed E-state index contributed by atoms with van der Waals surface area (Å²) in [4.78, 5) is 35.0. The number of carboxylic acids is 1. The number of carbonyl (C=O) groups excluding carboxylic acids is 1. The molecule has 122 valence electrons. The van der Waals surface area contributed by atoms with Crippen LogP contribution in [0.4, 0.5) is 0 Å². The van der Waals surface area contributed by atoms with E-state index < -0.39 is 35.3 Å². The van der Waals surface area contributed by atoms with Crippen LogP contribution in [0.3, 0.4) is 0 Å². The molecule has 0 fully saturated rings. The van der Waals surface area contributed by atoms with E-state index in [0.29, 0.717) is 11.9 Å². The Morgan fingerprint density at radius 2 is 2.00 bits per heavy atom. The Labute approximate surface area is 130 Å². The highest BCUT2D eigenvalue weighted by Crippen LogP contribution is 2.31. The van der Waals surface area contributed by atoms with Crippen molar-refractivity contribution in [2.45, 2.75) is 25.7 Å². The molecule has 0 saturated heterocycles. The number of nitrogens with one attached hydrogen (secondary N) is 1. The maximum absolute atomic E-state index is 12.3. The summed E-state index contributed by atoms with van der Waals surface area (Å²) in [6.45, 7) is -0.635. The van der Waals surface area contributed by atoms with Crippen molar-refractivity contribution in [1.82, 2.24) is 19.7 Å². The average molecular weight is 320 g/mol. The molecule has 3 rings (SSSR count). The van der Waals surface area contributed by atoms with Crippen LogP contribution in [0.1, 0.15) is 34.5 Å². The summed E-state index contributed by atoms with van der Waals surface area (Å²) in [6, 6.07) is 0. The minimum atomic E-state index is -1.24. The third-order valence-electron chi connectivity index (χ3n) is 4.02. The number of amides is 1. The molecule has 0 radical (unpaired) electrons. The van der Waals surface area contributed by atoms with Gasteiger partial charge in [0.15, 0.2) is 11.3 Å². The van der Waals surface area contributed by atoms with E-state index in [-0.39, 0.29) is 0 Å². The predicted molar refractivity (Wildman–Crippen MR) is 78.7 cm³/mol. The normalized spacial score (nSPS) is 13.8. The standard InChI is InChI=1S/C14H16N4O5/c1-17-14(23)10(13(22)15-6-9(19)20)12(21)11-7-4-2-3-5-8(7)16-18(11)17/h21H,2-6H2,1H3,(H,15,22)(H,19,20). The Bertz CT molecular complexity index is 880. The molecule has 0 atom stereocenters. The minimum Gasteiger partial charge on any atom is -0.505 e. The first-order chi connectivity index (χ1) is 10.9. The van der Waals surface area contributed by atoms with Gasteiger partial charge in [-0.15, -0.1) is 0 Å². The lowest BCUT2D eigenvalue weighted by Crippen LogP contribution is -2.36. The zero-order valence-electron chi connectivity index (χ0n) is 12.5. The highest BCUT2D eigenvalue weighted by molar-refractivity contribution is 6.00. The van der Waals surface area contributed by atoms with Gasteiger partial charge in [-0.1, -0.05) is 0 Å². The van der Waals surface area contributed by atoms with Crippen molar-refractivity contribution in [3.8, 4) is 5.75 Å². The zero-order valence-corrected chi connectivity index (χ0v) is 12.5. The lowest BCUT2D eigenvalue weighted by atomic mass is 9.96. The first-order valence-electron chi connectivity index (χ1n) is 7.24. The smallest absolute Gasteiger partial charge is 0.322 e. The van der Waals surface area contributed by atoms with Gasteiger partial charge >= 0.3 is 5.97 Å². The molecule has 2 aromatic rings. The van der Waals surface area contributed by atoms with Gasteiger partial charge in [0.05, 0.1) is 5.69 Å². The number of nitrogens with zero attached hydrogens (tertiary/aromatic N) is 3. The number of aryl methyl sites for hydroxylation is 3. The largest absolute Gasteiger partial charge is 0.505 e. The average Bonchev–Trinajstić information content (AvgIpc) is 2.90. The maximum Gasteiger partial charge on any atom is 0.322 e. The highest BCUT2D eigenvalue weighted by Gasteiger charge is 2.27. The quantitative estimate of drug-likeness (QED) is 0.695. The van der Waals surface area contributed by atoms with Gasteiger partial charge in [-0.3, -0.25) is 14.4 Å². The van der Waals surface area contributed by atoms with Crippen molar-refractivity contribution in [1.29, 1.82) is 0 Å². The van der Waals surface area contributed by atoms with Gasteiger partial charge in [0, 0.05) is 12.6 Å². The first kappa shape index (κ1) is 15.1. The number of carboxylic acid groups (broad SMARTS) is 1. The molecular weight excluding hydrogens is 304 g/mol. The molecule has 0 spiro atoms. The molecule has 9 nitrogen and oxygen atoms in total. The van der Waals surface area contributed by atoms with E-state index >= 15 is 0 Å². The van der Waals surface area contributed by atoms with E-state index in [1.165, 1.54) is 11.7 Å². The Morgan fingerprint density at radius 3 is 2.70 bits per heavy atom. The molecule has 0 unspecified atom stereocenters. The second-order valence-electron chi connectivity index (χ2n) is 5.50. The predicted octanol–water partition coefficient (Wildman–Crippen LogP) is -0.568. The summed E-state index contributed by atoms with van der Waals surface area (Å²) in [5.74, 6) is -2.61. The molecule has 9 heteroatoms. The highest BCUT2D eigenvalue weighted by atomic mass is 16.4. The molecule has 2 heterocycles. The SMILES string of the molecule is Cn1c(=O)c(C(=O)NCC(=O)O)c(O)c2c3c(nn21)CCCC3. The van der Waals surface area contributed by atoms with Crippen LogP contribution in [0.15, 0.2) is 4.79 Å². The number of aromatic hydroxyl groups is 1. The van der Waals surface area contributed by atoms with E-state index in [1.807, 2.05) is 0 Å². The molecule has 1 aliphatic carbocycles. The molecule has 1 amide bonds. The van der Waals surface area contributed by atoms with Crippen LogP contribution in [0.5, 0.6) is 5.75 Å². The number of aromatic nitrogens is 3. The number of carbonyl (C=O) groups is 2. The lowest BCUT2D eigenvalue weighted by molar-refractivity contribution is -0.135. The minimum absolute atomic E-state index is 0.335. The van der Waals surface area contributed by atoms with Crippen LogP contribution < -0.4 is 10.9 Å². The summed E-state index contributed by atoms with van der Waals surface area (Å²) in [7, 11) is 1.45. The van der Waals surface area contributed by atoms with Gasteiger partial charge < -0.3 is 15.5 Å². The van der Waals surface area contributed by atoms with Crippen molar-refractivity contribution < 1.29 is 19.8 Å². The summed E-state index contributed by atoms with van der Waals surface area (Å²) in [5.41, 5.74) is 0.774. The molecule has 23 heavy (non-hydrogen) atoms. The van der Waals surface area contributed by atoms with Crippen molar-refractivity contribution in [2.24, 2.45) is 7.05 Å². The summed E-state index contributed by atoms with van der Waals surface area (Å²) < 4.78 is 2.45. The molecule has 0 aromatic carbocycles. The van der Waals surface area contributed by atoms with Crippen LogP contribution in [0.2, 0.25) is 0 Å². The Kier molecular flexibility index (Phi) is 3.55. The fourth-order valence-corrected chi connectivity index (χ4v) is 2.91. The molecule has 2 aromatic heterocycles. The van der Waals surface area contributed by atoms with Crippen LogP contribution in [0, 0.1) is 0 Å². The molecule has 3 N–H and O–H groups in total. The van der Waals surface area contributed by atoms with E-state index in [4.69, 9.17) is 5.11 Å². The van der Waals surface area contributed by atoms with Gasteiger partial charge in [0.2, 0.25) is 0 Å². The molecule has 0 bridgehead atoms. The third-order valence-corrected chi connectivity index (χ3v) is 4.02. The van der Waals surface area contributed by atoms with Crippen molar-refractivity contribution in [3.63, 3.8) is 0 Å². The molecule has 0 aliphatic heterocycles. The van der Waals surface area contributed by atoms with E-state index in [9.17, 15) is 19.5 Å². The number of hydrogen-bond acceptors (Lipinski definition) is 5. The summed E-state index contributed by atoms with van der Waals surface area (Å²) in [5, 5.41) is 25.5. The van der Waals surface area contributed by atoms with Gasteiger partial charge in [0.25, 0.3) is 11.5 Å². The second-order valence-corrected chi connectivity index (χ2v) is 5.50. The first-order valence-corrected chi connectivity index (χ1v) is 7.24.